The molecular weight excluding hydrogens is 410 g/mol. The van der Waals surface area contributed by atoms with Crippen LogP contribution in [0.3, 0.4) is 0 Å². The Labute approximate surface area is 200 Å². The maximum atomic E-state index is 12.2. The number of nitrogen functional groups attached to an aromatic ring is 1. The van der Waals surface area contributed by atoms with Crippen molar-refractivity contribution in [2.24, 2.45) is 0 Å². The van der Waals surface area contributed by atoms with Crippen LogP contribution in [0.5, 0.6) is 11.5 Å². The summed E-state index contributed by atoms with van der Waals surface area (Å²) < 4.78 is 11.2. The molecule has 2 aromatic carbocycles. The normalized spacial score (nSPS) is 10.8. The van der Waals surface area contributed by atoms with E-state index in [1.807, 2.05) is 12.1 Å². The van der Waals surface area contributed by atoms with Crippen LogP contribution < -0.4 is 15.2 Å². The lowest BCUT2D eigenvalue weighted by molar-refractivity contribution is 0.0734. The van der Waals surface area contributed by atoms with Gasteiger partial charge in [0.15, 0.2) is 0 Å². The number of anilines is 1. The zero-order valence-corrected chi connectivity index (χ0v) is 20.5. The van der Waals surface area contributed by atoms with Gasteiger partial charge in [0, 0.05) is 5.69 Å². The number of carbonyl (C=O) groups is 1. The van der Waals surface area contributed by atoms with Crippen LogP contribution in [0.15, 0.2) is 48.5 Å². The van der Waals surface area contributed by atoms with Gasteiger partial charge in [0.2, 0.25) is 0 Å². The van der Waals surface area contributed by atoms with E-state index in [-0.39, 0.29) is 0 Å². The van der Waals surface area contributed by atoms with Crippen LogP contribution >= 0.6 is 0 Å². The maximum absolute atomic E-state index is 12.2. The minimum Gasteiger partial charge on any atom is -0.494 e. The molecule has 0 saturated carbocycles. The Hall–Kier alpha value is -2.49. The van der Waals surface area contributed by atoms with E-state index in [1.165, 1.54) is 83.5 Å². The van der Waals surface area contributed by atoms with Crippen LogP contribution in [0.4, 0.5) is 5.69 Å². The monoisotopic (exact) mass is 453 g/mol. The molecule has 0 unspecified atom stereocenters. The third kappa shape index (κ3) is 12.4. The fraction of sp³-hybridized carbons (Fsp3) is 0.552. The van der Waals surface area contributed by atoms with Crippen LogP contribution in [-0.2, 0) is 0 Å². The molecule has 0 amide bonds. The first kappa shape index (κ1) is 26.8. The Kier molecular flexibility index (Phi) is 13.8. The predicted octanol–water partition coefficient (Wildman–Crippen LogP) is 8.35. The average molecular weight is 454 g/mol. The van der Waals surface area contributed by atoms with Crippen LogP contribution in [0.2, 0.25) is 0 Å². The van der Waals surface area contributed by atoms with Crippen LogP contribution in [-0.4, -0.2) is 12.6 Å². The molecule has 0 aromatic heterocycles. The van der Waals surface area contributed by atoms with Crippen molar-refractivity contribution in [3.63, 3.8) is 0 Å². The summed E-state index contributed by atoms with van der Waals surface area (Å²) in [5.74, 6) is 0.874. The zero-order chi connectivity index (χ0) is 23.6. The van der Waals surface area contributed by atoms with Crippen molar-refractivity contribution in [2.75, 3.05) is 12.3 Å². The second-order valence-corrected chi connectivity index (χ2v) is 8.93. The fourth-order valence-electron chi connectivity index (χ4n) is 3.88. The summed E-state index contributed by atoms with van der Waals surface area (Å²) >= 11 is 0. The van der Waals surface area contributed by atoms with Crippen molar-refractivity contribution in [3.8, 4) is 11.5 Å². The SMILES string of the molecule is CCCCCCCCCCCCCCCCOc1ccc(C(=O)Oc2ccc(N)cc2)cc1. The summed E-state index contributed by atoms with van der Waals surface area (Å²) in [6.07, 6.45) is 18.9. The van der Waals surface area contributed by atoms with Crippen molar-refractivity contribution < 1.29 is 14.3 Å². The van der Waals surface area contributed by atoms with Gasteiger partial charge in [-0.3, -0.25) is 0 Å². The van der Waals surface area contributed by atoms with Gasteiger partial charge < -0.3 is 15.2 Å². The Morgan fingerprint density at radius 2 is 1.09 bits per heavy atom. The summed E-state index contributed by atoms with van der Waals surface area (Å²) in [5.41, 5.74) is 6.78. The molecule has 182 valence electrons. The third-order valence-corrected chi connectivity index (χ3v) is 5.95. The van der Waals surface area contributed by atoms with Crippen molar-refractivity contribution in [1.29, 1.82) is 0 Å². The highest BCUT2D eigenvalue weighted by Gasteiger charge is 2.08. The minimum absolute atomic E-state index is 0.390. The van der Waals surface area contributed by atoms with Crippen LogP contribution in [0.25, 0.3) is 0 Å². The molecule has 0 saturated heterocycles. The van der Waals surface area contributed by atoms with Crippen LogP contribution in [0.1, 0.15) is 107 Å². The molecule has 4 nitrogen and oxygen atoms in total. The Bertz CT molecular complexity index is 755. The molecule has 0 aliphatic rings. The number of esters is 1. The van der Waals surface area contributed by atoms with E-state index in [4.69, 9.17) is 15.2 Å². The summed E-state index contributed by atoms with van der Waals surface area (Å²) in [4.78, 5) is 12.2. The van der Waals surface area contributed by atoms with Crippen molar-refractivity contribution in [3.05, 3.63) is 54.1 Å². The van der Waals surface area contributed by atoms with E-state index in [9.17, 15) is 4.79 Å². The first-order valence-electron chi connectivity index (χ1n) is 13.0. The number of ether oxygens (including phenoxy) is 2. The molecule has 0 fully saturated rings. The topological polar surface area (TPSA) is 61.5 Å². The van der Waals surface area contributed by atoms with Gasteiger partial charge >= 0.3 is 5.97 Å². The Morgan fingerprint density at radius 1 is 0.636 bits per heavy atom. The minimum atomic E-state index is -0.390. The molecular formula is C29H43NO3. The van der Waals surface area contributed by atoms with E-state index in [1.54, 1.807) is 36.4 Å². The molecule has 0 aliphatic carbocycles. The number of hydrogen-bond acceptors (Lipinski definition) is 4. The first-order valence-corrected chi connectivity index (χ1v) is 13.0. The second kappa shape index (κ2) is 17.0. The molecule has 2 rings (SSSR count). The van der Waals surface area contributed by atoms with Gasteiger partial charge in [0.05, 0.1) is 12.2 Å². The summed E-state index contributed by atoms with van der Waals surface area (Å²) in [5, 5.41) is 0. The Balaban J connectivity index is 1.45. The van der Waals surface area contributed by atoms with Gasteiger partial charge in [0.25, 0.3) is 0 Å². The zero-order valence-electron chi connectivity index (χ0n) is 20.5. The largest absolute Gasteiger partial charge is 0.494 e. The van der Waals surface area contributed by atoms with E-state index in [2.05, 4.69) is 6.92 Å². The molecule has 2 N–H and O–H groups in total. The van der Waals surface area contributed by atoms with Gasteiger partial charge in [-0.05, 0) is 55.0 Å². The van der Waals surface area contributed by atoms with Gasteiger partial charge in [0.1, 0.15) is 11.5 Å². The van der Waals surface area contributed by atoms with Gasteiger partial charge in [-0.15, -0.1) is 0 Å². The number of hydrogen-bond donors (Lipinski definition) is 1. The average Bonchev–Trinajstić information content (AvgIpc) is 2.83. The molecule has 33 heavy (non-hydrogen) atoms. The number of rotatable bonds is 18. The molecule has 0 bridgehead atoms. The second-order valence-electron chi connectivity index (χ2n) is 8.93. The van der Waals surface area contributed by atoms with E-state index < -0.39 is 5.97 Å². The van der Waals surface area contributed by atoms with Gasteiger partial charge in [-0.1, -0.05) is 90.4 Å². The van der Waals surface area contributed by atoms with E-state index in [0.717, 1.165) is 12.2 Å². The highest BCUT2D eigenvalue weighted by Crippen LogP contribution is 2.18. The summed E-state index contributed by atoms with van der Waals surface area (Å²) in [7, 11) is 0. The van der Waals surface area contributed by atoms with Gasteiger partial charge in [-0.25, -0.2) is 4.79 Å². The molecule has 0 aliphatic heterocycles. The maximum Gasteiger partial charge on any atom is 0.343 e. The molecule has 2 aromatic rings. The number of unbranched alkanes of at least 4 members (excludes halogenated alkanes) is 13. The Morgan fingerprint density at radius 3 is 1.61 bits per heavy atom. The summed E-state index contributed by atoms with van der Waals surface area (Å²) in [6.45, 7) is 2.99. The van der Waals surface area contributed by atoms with Gasteiger partial charge in [-0.2, -0.15) is 0 Å². The van der Waals surface area contributed by atoms with Crippen molar-refractivity contribution >= 4 is 11.7 Å². The molecule has 0 spiro atoms. The highest BCUT2D eigenvalue weighted by atomic mass is 16.5. The van der Waals surface area contributed by atoms with Crippen molar-refractivity contribution in [1.82, 2.24) is 0 Å². The lowest BCUT2D eigenvalue weighted by atomic mass is 10.0. The smallest absolute Gasteiger partial charge is 0.343 e. The number of nitrogens with two attached hydrogens (primary N) is 1. The fourth-order valence-corrected chi connectivity index (χ4v) is 3.88. The standard InChI is InChI=1S/C29H43NO3/c1-2-3-4-5-6-7-8-9-10-11-12-13-14-15-24-32-27-20-16-25(17-21-27)29(31)33-28-22-18-26(30)19-23-28/h16-23H,2-15,24,30H2,1H3. The lowest BCUT2D eigenvalue weighted by Gasteiger charge is -2.08. The van der Waals surface area contributed by atoms with E-state index in [0.29, 0.717) is 23.6 Å². The lowest BCUT2D eigenvalue weighted by Crippen LogP contribution is -2.08. The third-order valence-electron chi connectivity index (χ3n) is 5.95. The number of carbonyl (C=O) groups excluding carboxylic acids is 1. The molecule has 4 heteroatoms. The summed E-state index contributed by atoms with van der Waals surface area (Å²) in [6, 6.07) is 13.9. The first-order chi connectivity index (χ1) is 16.2. The molecule has 0 radical (unpaired) electrons. The number of benzene rings is 2. The van der Waals surface area contributed by atoms with E-state index >= 15 is 0 Å². The van der Waals surface area contributed by atoms with Crippen molar-refractivity contribution in [2.45, 2.75) is 96.8 Å². The van der Waals surface area contributed by atoms with Crippen LogP contribution in [0, 0.1) is 0 Å². The molecule has 0 atom stereocenters. The quantitative estimate of drug-likeness (QED) is 0.107. The predicted molar refractivity (Wildman–Crippen MR) is 138 cm³/mol. The highest BCUT2D eigenvalue weighted by molar-refractivity contribution is 5.91. The molecule has 0 heterocycles.